The van der Waals surface area contributed by atoms with Crippen molar-refractivity contribution in [1.29, 1.82) is 0 Å². The van der Waals surface area contributed by atoms with Gasteiger partial charge in [-0.2, -0.15) is 0 Å². The van der Waals surface area contributed by atoms with Crippen molar-refractivity contribution < 1.29 is 10.2 Å². The summed E-state index contributed by atoms with van der Waals surface area (Å²) in [5.41, 5.74) is -0.209. The second kappa shape index (κ2) is 10.9. The predicted molar refractivity (Wildman–Crippen MR) is 145 cm³/mol. The molecule has 0 aliphatic carbocycles. The maximum Gasteiger partial charge on any atom is 0.127 e. The Morgan fingerprint density at radius 2 is 0.629 bits per heavy atom. The third-order valence-corrected chi connectivity index (χ3v) is 7.06. The quantitative estimate of drug-likeness (QED) is 0.222. The fraction of sp³-hybridized carbons (Fsp3) is 0.143. The van der Waals surface area contributed by atoms with Crippen LogP contribution in [0.4, 0.5) is 0 Å². The summed E-state index contributed by atoms with van der Waals surface area (Å²) in [4.78, 5) is 0. The molecule has 180 valence electrons. The van der Waals surface area contributed by atoms with E-state index in [4.69, 9.17) is 46.4 Å². The zero-order chi connectivity index (χ0) is 25.1. The summed E-state index contributed by atoms with van der Waals surface area (Å²) in [7, 11) is 0. The molecular weight excluding hydrogens is 524 g/mol. The normalized spacial score (nSPS) is 12.1. The SMILES string of the molecule is OC(CNCC(O)(c1ccc(Cl)cc1)c1ccc(Cl)cc1)(c1ccc(Cl)cc1)c1ccc(Cl)cc1. The Labute approximate surface area is 224 Å². The average Bonchev–Trinajstić information content (AvgIpc) is 2.85. The Kier molecular flexibility index (Phi) is 8.09. The van der Waals surface area contributed by atoms with Crippen LogP contribution < -0.4 is 5.32 Å². The molecule has 0 aliphatic rings. The van der Waals surface area contributed by atoms with Gasteiger partial charge in [0.05, 0.1) is 0 Å². The Balaban J connectivity index is 1.67. The third-order valence-electron chi connectivity index (χ3n) is 6.05. The molecule has 0 fully saturated rings. The molecule has 4 aromatic carbocycles. The number of halogens is 4. The van der Waals surface area contributed by atoms with Crippen LogP contribution >= 0.6 is 46.4 Å². The molecule has 3 N–H and O–H groups in total. The van der Waals surface area contributed by atoms with Gasteiger partial charge < -0.3 is 15.5 Å². The number of aliphatic hydroxyl groups is 2. The molecule has 4 aromatic rings. The smallest absolute Gasteiger partial charge is 0.127 e. The molecule has 0 radical (unpaired) electrons. The summed E-state index contributed by atoms with van der Waals surface area (Å²) in [5.74, 6) is 0. The summed E-state index contributed by atoms with van der Waals surface area (Å²) < 4.78 is 0. The van der Waals surface area contributed by atoms with Crippen LogP contribution in [0.25, 0.3) is 0 Å². The summed E-state index contributed by atoms with van der Waals surface area (Å²) in [6, 6.07) is 28.1. The molecule has 3 nitrogen and oxygen atoms in total. The first-order valence-electron chi connectivity index (χ1n) is 10.9. The standard InChI is InChI=1S/C28H23Cl4NO2/c29-23-9-1-19(2-10-23)27(34,20-3-11-24(30)12-4-20)17-33-18-28(35,21-5-13-25(31)14-6-21)22-7-15-26(32)16-8-22/h1-16,33-35H,17-18H2. The van der Waals surface area contributed by atoms with Crippen molar-refractivity contribution in [2.45, 2.75) is 11.2 Å². The number of benzene rings is 4. The Morgan fingerprint density at radius 3 is 0.829 bits per heavy atom. The summed E-state index contributed by atoms with van der Waals surface area (Å²) in [6.07, 6.45) is 0. The van der Waals surface area contributed by atoms with Crippen molar-refractivity contribution >= 4 is 46.4 Å². The topological polar surface area (TPSA) is 52.5 Å². The zero-order valence-corrected chi connectivity index (χ0v) is 21.6. The van der Waals surface area contributed by atoms with Crippen LogP contribution in [0.3, 0.4) is 0 Å². The van der Waals surface area contributed by atoms with E-state index in [0.29, 0.717) is 42.3 Å². The van der Waals surface area contributed by atoms with Crippen LogP contribution in [0.15, 0.2) is 97.1 Å². The number of hydrogen-bond acceptors (Lipinski definition) is 3. The fourth-order valence-corrected chi connectivity index (χ4v) is 4.57. The highest BCUT2D eigenvalue weighted by molar-refractivity contribution is 6.31. The van der Waals surface area contributed by atoms with Gasteiger partial charge in [0, 0.05) is 33.2 Å². The highest BCUT2D eigenvalue weighted by atomic mass is 35.5. The van der Waals surface area contributed by atoms with Crippen LogP contribution in [0.2, 0.25) is 20.1 Å². The van der Waals surface area contributed by atoms with Gasteiger partial charge in [0.2, 0.25) is 0 Å². The summed E-state index contributed by atoms with van der Waals surface area (Å²) in [6.45, 7) is 0.222. The van der Waals surface area contributed by atoms with Crippen molar-refractivity contribution in [2.75, 3.05) is 13.1 Å². The molecule has 0 atom stereocenters. The van der Waals surface area contributed by atoms with Gasteiger partial charge in [0.25, 0.3) is 0 Å². The number of hydrogen-bond donors (Lipinski definition) is 3. The van der Waals surface area contributed by atoms with Gasteiger partial charge in [-0.25, -0.2) is 0 Å². The molecule has 0 aliphatic heterocycles. The molecule has 35 heavy (non-hydrogen) atoms. The highest BCUT2D eigenvalue weighted by Gasteiger charge is 2.35. The van der Waals surface area contributed by atoms with Crippen LogP contribution in [0.1, 0.15) is 22.3 Å². The lowest BCUT2D eigenvalue weighted by Gasteiger charge is -2.34. The van der Waals surface area contributed by atoms with E-state index < -0.39 is 11.2 Å². The number of nitrogens with one attached hydrogen (secondary N) is 1. The first kappa shape index (κ1) is 26.0. The van der Waals surface area contributed by atoms with Crippen LogP contribution in [-0.4, -0.2) is 23.3 Å². The third kappa shape index (κ3) is 5.84. The average molecular weight is 547 g/mol. The minimum absolute atomic E-state index is 0.111. The van der Waals surface area contributed by atoms with Crippen LogP contribution in [-0.2, 0) is 11.2 Å². The van der Waals surface area contributed by atoms with Gasteiger partial charge in [-0.15, -0.1) is 0 Å². The van der Waals surface area contributed by atoms with Gasteiger partial charge in [-0.3, -0.25) is 0 Å². The molecule has 7 heteroatoms. The van der Waals surface area contributed by atoms with Gasteiger partial charge >= 0.3 is 0 Å². The van der Waals surface area contributed by atoms with E-state index in [1.807, 2.05) is 0 Å². The van der Waals surface area contributed by atoms with Gasteiger partial charge in [-0.1, -0.05) is 94.9 Å². The van der Waals surface area contributed by atoms with E-state index >= 15 is 0 Å². The predicted octanol–water partition coefficient (Wildman–Crippen LogP) is 7.06. The number of rotatable bonds is 8. The molecule has 0 saturated carbocycles. The maximum absolute atomic E-state index is 11.9. The van der Waals surface area contributed by atoms with E-state index in [0.717, 1.165) is 0 Å². The van der Waals surface area contributed by atoms with E-state index in [9.17, 15) is 10.2 Å². The van der Waals surface area contributed by atoms with Gasteiger partial charge in [0.15, 0.2) is 0 Å². The highest BCUT2D eigenvalue weighted by Crippen LogP contribution is 2.33. The maximum atomic E-state index is 11.9. The minimum Gasteiger partial charge on any atom is -0.379 e. The van der Waals surface area contributed by atoms with Crippen molar-refractivity contribution in [3.05, 3.63) is 139 Å². The largest absolute Gasteiger partial charge is 0.379 e. The second-order valence-electron chi connectivity index (χ2n) is 8.35. The fourth-order valence-electron chi connectivity index (χ4n) is 4.07. The molecule has 0 aromatic heterocycles. The van der Waals surface area contributed by atoms with Gasteiger partial charge in [0.1, 0.15) is 11.2 Å². The lowest BCUT2D eigenvalue weighted by atomic mass is 9.84. The summed E-state index contributed by atoms with van der Waals surface area (Å²) >= 11 is 24.3. The van der Waals surface area contributed by atoms with E-state index in [1.165, 1.54) is 0 Å². The Bertz CT molecular complexity index is 1070. The first-order valence-corrected chi connectivity index (χ1v) is 12.4. The van der Waals surface area contributed by atoms with Gasteiger partial charge in [-0.05, 0) is 70.8 Å². The van der Waals surface area contributed by atoms with E-state index in [1.54, 1.807) is 97.1 Å². The Morgan fingerprint density at radius 1 is 0.429 bits per heavy atom. The van der Waals surface area contributed by atoms with Crippen molar-refractivity contribution in [3.8, 4) is 0 Å². The lowest BCUT2D eigenvalue weighted by Crippen LogP contribution is -2.45. The van der Waals surface area contributed by atoms with Crippen LogP contribution in [0, 0.1) is 0 Å². The molecule has 0 amide bonds. The Hall–Kier alpha value is -2.08. The minimum atomic E-state index is -1.41. The van der Waals surface area contributed by atoms with Crippen LogP contribution in [0.5, 0.6) is 0 Å². The van der Waals surface area contributed by atoms with Crippen molar-refractivity contribution in [3.63, 3.8) is 0 Å². The first-order chi connectivity index (χ1) is 16.7. The molecular formula is C28H23Cl4NO2. The molecule has 0 unspecified atom stereocenters. The molecule has 0 saturated heterocycles. The monoisotopic (exact) mass is 545 g/mol. The molecule has 4 rings (SSSR count). The zero-order valence-electron chi connectivity index (χ0n) is 18.6. The second-order valence-corrected chi connectivity index (χ2v) is 10.1. The summed E-state index contributed by atoms with van der Waals surface area (Å²) in [5, 5.41) is 29.3. The van der Waals surface area contributed by atoms with E-state index in [-0.39, 0.29) is 13.1 Å². The molecule has 0 heterocycles. The van der Waals surface area contributed by atoms with Crippen molar-refractivity contribution in [2.24, 2.45) is 0 Å². The lowest BCUT2D eigenvalue weighted by molar-refractivity contribution is 0.0527. The van der Waals surface area contributed by atoms with Crippen molar-refractivity contribution in [1.82, 2.24) is 5.32 Å². The van der Waals surface area contributed by atoms with E-state index in [2.05, 4.69) is 5.32 Å². The molecule has 0 spiro atoms. The molecule has 0 bridgehead atoms.